The Balaban J connectivity index is 1.98. The fraction of sp³-hybridized carbons (Fsp3) is 1.00. The third-order valence-corrected chi connectivity index (χ3v) is 2.17. The number of hydrogen-bond acceptors (Lipinski definition) is 2. The Hall–Kier alpha value is -0.0800. The van der Waals surface area contributed by atoms with Gasteiger partial charge in [0.1, 0.15) is 0 Å². The summed E-state index contributed by atoms with van der Waals surface area (Å²) in [4.78, 5) is 2.41. The first-order chi connectivity index (χ1) is 5.79. The highest BCUT2D eigenvalue weighted by Crippen LogP contribution is 2.08. The highest BCUT2D eigenvalue weighted by atomic mass is 16.5. The van der Waals surface area contributed by atoms with Crippen molar-refractivity contribution in [2.24, 2.45) is 5.92 Å². The molecule has 0 aromatic carbocycles. The van der Waals surface area contributed by atoms with E-state index in [1.165, 1.54) is 32.4 Å². The molecule has 1 fully saturated rings. The fourth-order valence-corrected chi connectivity index (χ4v) is 1.51. The normalized spacial score (nSPS) is 20.2. The molecular formula is C10H21NO. The minimum Gasteiger partial charge on any atom is -0.366 e. The van der Waals surface area contributed by atoms with Gasteiger partial charge in [0.15, 0.2) is 0 Å². The first kappa shape index (κ1) is 10.0. The second-order valence-corrected chi connectivity index (χ2v) is 4.07. The van der Waals surface area contributed by atoms with Crippen LogP contribution in [0.25, 0.3) is 0 Å². The third-order valence-electron chi connectivity index (χ3n) is 2.17. The molecule has 1 rings (SSSR count). The predicted octanol–water partition coefficient (Wildman–Crippen LogP) is 2.10. The summed E-state index contributed by atoms with van der Waals surface area (Å²) < 4.78 is 5.56. The molecule has 0 aromatic heterocycles. The van der Waals surface area contributed by atoms with Crippen LogP contribution < -0.4 is 0 Å². The van der Waals surface area contributed by atoms with Gasteiger partial charge in [-0.1, -0.05) is 20.3 Å². The Kier molecular flexibility index (Phi) is 4.62. The molecule has 72 valence electrons. The zero-order chi connectivity index (χ0) is 8.81. The molecule has 0 saturated carbocycles. The van der Waals surface area contributed by atoms with E-state index in [2.05, 4.69) is 18.7 Å². The molecule has 2 heteroatoms. The van der Waals surface area contributed by atoms with E-state index in [4.69, 9.17) is 4.74 Å². The maximum atomic E-state index is 5.56. The molecule has 0 unspecified atom stereocenters. The van der Waals surface area contributed by atoms with Crippen LogP contribution >= 0.6 is 0 Å². The summed E-state index contributed by atoms with van der Waals surface area (Å²) in [6.45, 7) is 8.59. The average Bonchev–Trinajstić information content (AvgIpc) is 2.05. The summed E-state index contributed by atoms with van der Waals surface area (Å²) in [7, 11) is 0. The Bertz CT molecular complexity index is 108. The topological polar surface area (TPSA) is 12.5 Å². The first-order valence-corrected chi connectivity index (χ1v) is 5.09. The number of ether oxygens (including phenoxy) is 1. The van der Waals surface area contributed by atoms with Crippen molar-refractivity contribution in [3.63, 3.8) is 0 Å². The Labute approximate surface area is 75.9 Å². The predicted molar refractivity (Wildman–Crippen MR) is 51.1 cm³/mol. The zero-order valence-electron chi connectivity index (χ0n) is 8.38. The van der Waals surface area contributed by atoms with Gasteiger partial charge in [0, 0.05) is 13.1 Å². The molecule has 1 heterocycles. The summed E-state index contributed by atoms with van der Waals surface area (Å²) >= 11 is 0. The second-order valence-electron chi connectivity index (χ2n) is 4.07. The standard InChI is InChI=1S/C10H21NO/c1-10(2)8-12-9-11-6-4-3-5-7-11/h10H,3-9H2,1-2H3. The molecule has 0 aromatic rings. The van der Waals surface area contributed by atoms with Crippen LogP contribution in [0, 0.1) is 5.92 Å². The lowest BCUT2D eigenvalue weighted by atomic mass is 10.1. The van der Waals surface area contributed by atoms with Gasteiger partial charge in [0.25, 0.3) is 0 Å². The van der Waals surface area contributed by atoms with Crippen molar-refractivity contribution in [1.82, 2.24) is 4.90 Å². The lowest BCUT2D eigenvalue weighted by Gasteiger charge is -2.26. The van der Waals surface area contributed by atoms with Crippen LogP contribution in [0.1, 0.15) is 33.1 Å². The van der Waals surface area contributed by atoms with Crippen LogP contribution in [0.2, 0.25) is 0 Å². The quantitative estimate of drug-likeness (QED) is 0.642. The summed E-state index contributed by atoms with van der Waals surface area (Å²) in [6.07, 6.45) is 4.11. The molecule has 1 aliphatic heterocycles. The first-order valence-electron chi connectivity index (χ1n) is 5.09. The molecule has 0 N–H and O–H groups in total. The van der Waals surface area contributed by atoms with E-state index < -0.39 is 0 Å². The van der Waals surface area contributed by atoms with Crippen LogP contribution in [-0.4, -0.2) is 31.3 Å². The molecule has 0 bridgehead atoms. The van der Waals surface area contributed by atoms with Crippen LogP contribution in [0.5, 0.6) is 0 Å². The third kappa shape index (κ3) is 4.07. The summed E-state index contributed by atoms with van der Waals surface area (Å²) in [5.41, 5.74) is 0. The van der Waals surface area contributed by atoms with E-state index in [0.29, 0.717) is 5.92 Å². The van der Waals surface area contributed by atoms with Crippen LogP contribution in [0.3, 0.4) is 0 Å². The maximum absolute atomic E-state index is 5.56. The molecule has 0 atom stereocenters. The van der Waals surface area contributed by atoms with Crippen molar-refractivity contribution in [3.05, 3.63) is 0 Å². The van der Waals surface area contributed by atoms with Crippen molar-refractivity contribution in [2.75, 3.05) is 26.4 Å². The summed E-state index contributed by atoms with van der Waals surface area (Å²) in [5, 5.41) is 0. The van der Waals surface area contributed by atoms with Crippen LogP contribution in [0.4, 0.5) is 0 Å². The van der Waals surface area contributed by atoms with Gasteiger partial charge in [-0.05, 0) is 18.8 Å². The van der Waals surface area contributed by atoms with Gasteiger partial charge in [-0.3, -0.25) is 4.90 Å². The Morgan fingerprint density at radius 1 is 1.17 bits per heavy atom. The van der Waals surface area contributed by atoms with Crippen molar-refractivity contribution >= 4 is 0 Å². The number of hydrogen-bond donors (Lipinski definition) is 0. The molecule has 12 heavy (non-hydrogen) atoms. The van der Waals surface area contributed by atoms with E-state index in [9.17, 15) is 0 Å². The molecule has 0 spiro atoms. The van der Waals surface area contributed by atoms with Crippen molar-refractivity contribution < 1.29 is 4.74 Å². The average molecular weight is 171 g/mol. The van der Waals surface area contributed by atoms with Crippen molar-refractivity contribution in [2.45, 2.75) is 33.1 Å². The molecule has 0 radical (unpaired) electrons. The molecule has 1 saturated heterocycles. The number of nitrogens with zero attached hydrogens (tertiary/aromatic N) is 1. The number of rotatable bonds is 4. The molecule has 0 amide bonds. The molecule has 1 aliphatic rings. The highest BCUT2D eigenvalue weighted by molar-refractivity contribution is 4.60. The minimum absolute atomic E-state index is 0.662. The number of piperidine rings is 1. The van der Waals surface area contributed by atoms with Crippen LogP contribution in [-0.2, 0) is 4.74 Å². The molecule has 2 nitrogen and oxygen atoms in total. The maximum Gasteiger partial charge on any atom is 0.0990 e. The Morgan fingerprint density at radius 3 is 2.42 bits per heavy atom. The minimum atomic E-state index is 0.662. The lowest BCUT2D eigenvalue weighted by Crippen LogP contribution is -2.32. The van der Waals surface area contributed by atoms with Gasteiger partial charge in [0.05, 0.1) is 13.3 Å². The largest absolute Gasteiger partial charge is 0.366 e. The van der Waals surface area contributed by atoms with E-state index in [-0.39, 0.29) is 0 Å². The van der Waals surface area contributed by atoms with Gasteiger partial charge >= 0.3 is 0 Å². The SMILES string of the molecule is CC(C)COCN1CCCCC1. The zero-order valence-corrected chi connectivity index (χ0v) is 8.38. The Morgan fingerprint density at radius 2 is 1.83 bits per heavy atom. The van der Waals surface area contributed by atoms with Gasteiger partial charge < -0.3 is 4.74 Å². The van der Waals surface area contributed by atoms with Gasteiger partial charge in [0.2, 0.25) is 0 Å². The van der Waals surface area contributed by atoms with Gasteiger partial charge in [-0.2, -0.15) is 0 Å². The number of likely N-dealkylation sites (tertiary alicyclic amines) is 1. The second kappa shape index (κ2) is 5.55. The van der Waals surface area contributed by atoms with Gasteiger partial charge in [-0.25, -0.2) is 0 Å². The van der Waals surface area contributed by atoms with Crippen molar-refractivity contribution in [1.29, 1.82) is 0 Å². The summed E-state index contributed by atoms with van der Waals surface area (Å²) in [5.74, 6) is 0.662. The van der Waals surface area contributed by atoms with Crippen LogP contribution in [0.15, 0.2) is 0 Å². The van der Waals surface area contributed by atoms with E-state index in [1.54, 1.807) is 0 Å². The highest BCUT2D eigenvalue weighted by Gasteiger charge is 2.09. The molecular weight excluding hydrogens is 150 g/mol. The lowest BCUT2D eigenvalue weighted by molar-refractivity contribution is 0.00746. The van der Waals surface area contributed by atoms with E-state index in [0.717, 1.165) is 13.3 Å². The van der Waals surface area contributed by atoms with E-state index in [1.807, 2.05) is 0 Å². The van der Waals surface area contributed by atoms with Gasteiger partial charge in [-0.15, -0.1) is 0 Å². The van der Waals surface area contributed by atoms with Crippen molar-refractivity contribution in [3.8, 4) is 0 Å². The fourth-order valence-electron chi connectivity index (χ4n) is 1.51. The smallest absolute Gasteiger partial charge is 0.0990 e. The summed E-state index contributed by atoms with van der Waals surface area (Å²) in [6, 6.07) is 0. The monoisotopic (exact) mass is 171 g/mol. The van der Waals surface area contributed by atoms with E-state index >= 15 is 0 Å². The molecule has 0 aliphatic carbocycles.